The van der Waals surface area contributed by atoms with E-state index < -0.39 is 5.92 Å². The van der Waals surface area contributed by atoms with Gasteiger partial charge in [0.1, 0.15) is 11.7 Å². The highest BCUT2D eigenvalue weighted by molar-refractivity contribution is 9.10. The number of halogens is 2. The summed E-state index contributed by atoms with van der Waals surface area (Å²) in [5.74, 6) is -0.776. The number of Topliss-reactive ketones (excluding diaryl/α,β-unsaturated/α-hetero) is 1. The van der Waals surface area contributed by atoms with E-state index in [1.807, 2.05) is 6.07 Å². The van der Waals surface area contributed by atoms with E-state index in [-0.39, 0.29) is 5.78 Å². The largest absolute Gasteiger partial charge is 0.496 e. The molecule has 0 aliphatic rings. The van der Waals surface area contributed by atoms with Crippen LogP contribution in [0.15, 0.2) is 46.9 Å². The van der Waals surface area contributed by atoms with Gasteiger partial charge in [0.15, 0.2) is 5.78 Å². The third-order valence-corrected chi connectivity index (χ3v) is 3.79. The molecule has 0 amide bonds. The van der Waals surface area contributed by atoms with Crippen LogP contribution in [0, 0.1) is 11.3 Å². The highest BCUT2D eigenvalue weighted by Crippen LogP contribution is 2.31. The van der Waals surface area contributed by atoms with Gasteiger partial charge in [-0.15, -0.1) is 0 Å². The molecular weight excluding hydrogens is 354 g/mol. The van der Waals surface area contributed by atoms with Gasteiger partial charge in [-0.1, -0.05) is 39.7 Å². The number of nitrogens with zero attached hydrogens (tertiary/aromatic N) is 1. The number of benzene rings is 2. The molecule has 0 aliphatic heterocycles. The maximum atomic E-state index is 12.5. The van der Waals surface area contributed by atoms with Crippen LogP contribution in [0.3, 0.4) is 0 Å². The molecule has 0 heterocycles. The molecule has 0 aromatic heterocycles. The van der Waals surface area contributed by atoms with Gasteiger partial charge >= 0.3 is 0 Å². The highest BCUT2D eigenvalue weighted by atomic mass is 79.9. The molecule has 106 valence electrons. The van der Waals surface area contributed by atoms with E-state index in [1.165, 1.54) is 7.11 Å². The van der Waals surface area contributed by atoms with E-state index in [1.54, 1.807) is 42.5 Å². The Labute approximate surface area is 136 Å². The lowest BCUT2D eigenvalue weighted by Gasteiger charge is -2.13. The summed E-state index contributed by atoms with van der Waals surface area (Å²) in [5, 5.41) is 9.85. The Morgan fingerprint density at radius 3 is 2.52 bits per heavy atom. The zero-order chi connectivity index (χ0) is 15.4. The maximum absolute atomic E-state index is 12.5. The van der Waals surface area contributed by atoms with Crippen molar-refractivity contribution in [2.45, 2.75) is 5.92 Å². The lowest BCUT2D eigenvalue weighted by Crippen LogP contribution is -2.12. The topological polar surface area (TPSA) is 50.1 Å². The van der Waals surface area contributed by atoms with Crippen LogP contribution in [-0.2, 0) is 0 Å². The number of carbonyl (C=O) groups is 1. The van der Waals surface area contributed by atoms with Crippen LogP contribution in [0.1, 0.15) is 21.8 Å². The van der Waals surface area contributed by atoms with Crippen molar-refractivity contribution in [2.75, 3.05) is 7.11 Å². The summed E-state index contributed by atoms with van der Waals surface area (Å²) in [6.07, 6.45) is 0. The molecule has 3 nitrogen and oxygen atoms in total. The fourth-order valence-electron chi connectivity index (χ4n) is 1.98. The predicted molar refractivity (Wildman–Crippen MR) is 84.8 cm³/mol. The first kappa shape index (κ1) is 15.6. The van der Waals surface area contributed by atoms with E-state index >= 15 is 0 Å². The van der Waals surface area contributed by atoms with Crippen LogP contribution in [0.5, 0.6) is 5.75 Å². The van der Waals surface area contributed by atoms with Crippen LogP contribution >= 0.6 is 27.5 Å². The zero-order valence-corrected chi connectivity index (χ0v) is 13.5. The van der Waals surface area contributed by atoms with Crippen LogP contribution in [0.4, 0.5) is 0 Å². The molecule has 0 aliphatic carbocycles. The van der Waals surface area contributed by atoms with Gasteiger partial charge in [-0.2, -0.15) is 5.26 Å². The average Bonchev–Trinajstić information content (AvgIpc) is 2.49. The van der Waals surface area contributed by atoms with E-state index in [9.17, 15) is 10.1 Å². The molecule has 2 aromatic carbocycles. The molecule has 0 spiro atoms. The second kappa shape index (κ2) is 6.75. The summed E-state index contributed by atoms with van der Waals surface area (Å²) in [6.45, 7) is 0. The Morgan fingerprint density at radius 1 is 1.29 bits per heavy atom. The second-order valence-corrected chi connectivity index (χ2v) is 5.67. The molecule has 0 bridgehead atoms. The number of nitriles is 1. The van der Waals surface area contributed by atoms with Gasteiger partial charge < -0.3 is 4.74 Å². The number of hydrogen-bond acceptors (Lipinski definition) is 3. The average molecular weight is 365 g/mol. The van der Waals surface area contributed by atoms with Gasteiger partial charge in [0, 0.05) is 20.6 Å². The van der Waals surface area contributed by atoms with Crippen LogP contribution in [0.2, 0.25) is 5.02 Å². The summed E-state index contributed by atoms with van der Waals surface area (Å²) in [7, 11) is 1.49. The number of ketones is 1. The number of rotatable bonds is 4. The van der Waals surface area contributed by atoms with E-state index in [0.29, 0.717) is 21.9 Å². The molecule has 5 heteroatoms. The van der Waals surface area contributed by atoms with Gasteiger partial charge in [-0.05, 0) is 30.3 Å². The van der Waals surface area contributed by atoms with Gasteiger partial charge in [-0.3, -0.25) is 4.79 Å². The van der Waals surface area contributed by atoms with E-state index in [2.05, 4.69) is 15.9 Å². The van der Waals surface area contributed by atoms with E-state index in [0.717, 1.165) is 4.47 Å². The number of methoxy groups -OCH3 is 1. The second-order valence-electron chi connectivity index (χ2n) is 4.32. The fraction of sp³-hybridized carbons (Fsp3) is 0.125. The Bertz CT molecular complexity index is 707. The van der Waals surface area contributed by atoms with Crippen molar-refractivity contribution in [2.24, 2.45) is 0 Å². The monoisotopic (exact) mass is 363 g/mol. The molecule has 1 unspecified atom stereocenters. The lowest BCUT2D eigenvalue weighted by atomic mass is 9.91. The maximum Gasteiger partial charge on any atom is 0.184 e. The van der Waals surface area contributed by atoms with Crippen molar-refractivity contribution in [3.05, 3.63) is 63.1 Å². The van der Waals surface area contributed by atoms with Crippen molar-refractivity contribution in [3.8, 4) is 11.8 Å². The van der Waals surface area contributed by atoms with Crippen molar-refractivity contribution in [1.29, 1.82) is 5.26 Å². The zero-order valence-electron chi connectivity index (χ0n) is 11.1. The van der Waals surface area contributed by atoms with Crippen LogP contribution < -0.4 is 4.74 Å². The van der Waals surface area contributed by atoms with Crippen molar-refractivity contribution < 1.29 is 9.53 Å². The Balaban J connectivity index is 2.45. The lowest BCUT2D eigenvalue weighted by molar-refractivity contribution is 0.0978. The number of ether oxygens (including phenoxy) is 1. The smallest absolute Gasteiger partial charge is 0.184 e. The third-order valence-electron chi connectivity index (χ3n) is 3.02. The standard InChI is InChI=1S/C16H11BrClNO2/c1-21-15-7-6-12(18)8-13(15)14(9-19)16(20)10-2-4-11(17)5-3-10/h2-8,14H,1H3. The predicted octanol–water partition coefficient (Wildman–Crippen LogP) is 4.60. The summed E-state index contributed by atoms with van der Waals surface area (Å²) in [4.78, 5) is 12.5. The SMILES string of the molecule is COc1ccc(Cl)cc1C(C#N)C(=O)c1ccc(Br)cc1. The summed E-state index contributed by atoms with van der Waals surface area (Å²) in [5.41, 5.74) is 0.937. The first-order valence-corrected chi connectivity index (χ1v) is 7.26. The Morgan fingerprint density at radius 2 is 1.95 bits per heavy atom. The molecule has 1 atom stereocenters. The van der Waals surface area contributed by atoms with Crippen molar-refractivity contribution >= 4 is 33.3 Å². The number of carbonyl (C=O) groups excluding carboxylic acids is 1. The minimum atomic E-state index is -0.958. The first-order chi connectivity index (χ1) is 10.1. The Hall–Kier alpha value is -1.83. The van der Waals surface area contributed by atoms with Gasteiger partial charge in [0.05, 0.1) is 13.2 Å². The van der Waals surface area contributed by atoms with Crippen LogP contribution in [-0.4, -0.2) is 12.9 Å². The molecule has 2 aromatic rings. The third kappa shape index (κ3) is 3.44. The van der Waals surface area contributed by atoms with Gasteiger partial charge in [-0.25, -0.2) is 0 Å². The molecule has 2 rings (SSSR count). The molecule has 0 N–H and O–H groups in total. The molecule has 0 saturated heterocycles. The van der Waals surface area contributed by atoms with Crippen LogP contribution in [0.25, 0.3) is 0 Å². The number of hydrogen-bond donors (Lipinski definition) is 0. The molecule has 0 fully saturated rings. The molecule has 0 radical (unpaired) electrons. The van der Waals surface area contributed by atoms with Crippen molar-refractivity contribution in [3.63, 3.8) is 0 Å². The van der Waals surface area contributed by atoms with Gasteiger partial charge in [0.25, 0.3) is 0 Å². The summed E-state index contributed by atoms with van der Waals surface area (Å²) < 4.78 is 6.09. The minimum Gasteiger partial charge on any atom is -0.496 e. The molecule has 0 saturated carbocycles. The van der Waals surface area contributed by atoms with Gasteiger partial charge in [0.2, 0.25) is 0 Å². The highest BCUT2D eigenvalue weighted by Gasteiger charge is 2.25. The first-order valence-electron chi connectivity index (χ1n) is 6.09. The Kier molecular flexibility index (Phi) is 5.00. The quantitative estimate of drug-likeness (QED) is 0.745. The van der Waals surface area contributed by atoms with Crippen molar-refractivity contribution in [1.82, 2.24) is 0 Å². The minimum absolute atomic E-state index is 0.287. The fourth-order valence-corrected chi connectivity index (χ4v) is 2.43. The normalized spacial score (nSPS) is 11.5. The molecular formula is C16H11BrClNO2. The summed E-state index contributed by atoms with van der Waals surface area (Å²) in [6, 6.07) is 13.8. The van der Waals surface area contributed by atoms with E-state index in [4.69, 9.17) is 16.3 Å². The molecule has 21 heavy (non-hydrogen) atoms. The summed E-state index contributed by atoms with van der Waals surface area (Å²) >= 11 is 9.28.